The van der Waals surface area contributed by atoms with E-state index >= 15 is 0 Å². The van der Waals surface area contributed by atoms with Gasteiger partial charge in [-0.15, -0.1) is 0 Å². The highest BCUT2D eigenvalue weighted by atomic mass is 16.5. The highest BCUT2D eigenvalue weighted by Crippen LogP contribution is 2.19. The summed E-state index contributed by atoms with van der Waals surface area (Å²) in [5.41, 5.74) is 1.17. The lowest BCUT2D eigenvalue weighted by Gasteiger charge is -2.14. The van der Waals surface area contributed by atoms with Crippen LogP contribution in [0, 0.1) is 0 Å². The largest absolute Gasteiger partial charge is 0.484 e. The van der Waals surface area contributed by atoms with Crippen molar-refractivity contribution in [3.05, 3.63) is 60.4 Å². The second-order valence-electron chi connectivity index (χ2n) is 3.36. The molecule has 15 heavy (non-hydrogen) atoms. The van der Waals surface area contributed by atoms with Crippen LogP contribution >= 0.6 is 0 Å². The van der Waals surface area contributed by atoms with Crippen LogP contribution in [-0.2, 0) is 0 Å². The van der Waals surface area contributed by atoms with E-state index in [1.165, 1.54) is 5.56 Å². The molecule has 0 spiro atoms. The van der Waals surface area contributed by atoms with Crippen molar-refractivity contribution in [2.24, 2.45) is 0 Å². The molecule has 1 heterocycles. The highest BCUT2D eigenvalue weighted by Gasteiger charge is 2.05. The van der Waals surface area contributed by atoms with Gasteiger partial charge in [0.2, 0.25) is 0 Å². The summed E-state index contributed by atoms with van der Waals surface area (Å²) in [5, 5.41) is 0. The van der Waals surface area contributed by atoms with Crippen molar-refractivity contribution in [2.45, 2.75) is 13.0 Å². The molecule has 2 aromatic rings. The normalized spacial score (nSPS) is 12.1. The summed E-state index contributed by atoms with van der Waals surface area (Å²) in [5.74, 6) is 0.800. The zero-order valence-corrected chi connectivity index (χ0v) is 8.63. The van der Waals surface area contributed by atoms with Crippen molar-refractivity contribution >= 4 is 0 Å². The van der Waals surface area contributed by atoms with Crippen LogP contribution < -0.4 is 4.74 Å². The fourth-order valence-electron chi connectivity index (χ4n) is 1.41. The van der Waals surface area contributed by atoms with Gasteiger partial charge in [0.05, 0.1) is 6.20 Å². The third-order valence-corrected chi connectivity index (χ3v) is 2.22. The van der Waals surface area contributed by atoms with Gasteiger partial charge in [-0.05, 0) is 24.6 Å². The minimum Gasteiger partial charge on any atom is -0.484 e. The summed E-state index contributed by atoms with van der Waals surface area (Å²) in [6.07, 6.45) is 3.51. The van der Waals surface area contributed by atoms with E-state index in [1.807, 2.05) is 37.3 Å². The molecule has 0 aliphatic rings. The zero-order chi connectivity index (χ0) is 10.5. The Bertz CT molecular complexity index is 399. The van der Waals surface area contributed by atoms with Crippen LogP contribution in [0.15, 0.2) is 54.9 Å². The molecule has 0 aliphatic carbocycles. The first-order valence-electron chi connectivity index (χ1n) is 4.98. The van der Waals surface area contributed by atoms with Crippen molar-refractivity contribution in [2.75, 3.05) is 0 Å². The maximum absolute atomic E-state index is 5.74. The van der Waals surface area contributed by atoms with Crippen LogP contribution in [0.2, 0.25) is 0 Å². The van der Waals surface area contributed by atoms with Gasteiger partial charge in [0.15, 0.2) is 0 Å². The van der Waals surface area contributed by atoms with Gasteiger partial charge in [-0.3, -0.25) is 4.98 Å². The first-order chi connectivity index (χ1) is 7.36. The van der Waals surface area contributed by atoms with Crippen LogP contribution in [0.4, 0.5) is 0 Å². The Balaban J connectivity index is 2.08. The van der Waals surface area contributed by atoms with Gasteiger partial charge in [-0.25, -0.2) is 0 Å². The Morgan fingerprint density at radius 3 is 2.53 bits per heavy atom. The first kappa shape index (κ1) is 9.71. The molecule has 1 aromatic carbocycles. The molecule has 2 rings (SSSR count). The van der Waals surface area contributed by atoms with Gasteiger partial charge in [-0.1, -0.05) is 30.3 Å². The van der Waals surface area contributed by atoms with Crippen LogP contribution in [0.25, 0.3) is 0 Å². The topological polar surface area (TPSA) is 22.1 Å². The Hall–Kier alpha value is -1.83. The monoisotopic (exact) mass is 199 g/mol. The maximum Gasteiger partial charge on any atom is 0.138 e. The summed E-state index contributed by atoms with van der Waals surface area (Å²) in [7, 11) is 0. The van der Waals surface area contributed by atoms with Crippen LogP contribution in [0.3, 0.4) is 0 Å². The van der Waals surface area contributed by atoms with Gasteiger partial charge in [-0.2, -0.15) is 0 Å². The van der Waals surface area contributed by atoms with E-state index in [9.17, 15) is 0 Å². The van der Waals surface area contributed by atoms with Crippen LogP contribution in [0.5, 0.6) is 5.75 Å². The number of hydrogen-bond acceptors (Lipinski definition) is 2. The molecule has 1 aromatic heterocycles. The molecule has 76 valence electrons. The van der Waals surface area contributed by atoms with Crippen molar-refractivity contribution in [3.8, 4) is 5.75 Å². The summed E-state index contributed by atoms with van der Waals surface area (Å²) in [4.78, 5) is 4.01. The van der Waals surface area contributed by atoms with Crippen molar-refractivity contribution in [1.82, 2.24) is 4.98 Å². The fraction of sp³-hybridized carbons (Fsp3) is 0.154. The fourth-order valence-corrected chi connectivity index (χ4v) is 1.41. The van der Waals surface area contributed by atoms with Gasteiger partial charge in [0.1, 0.15) is 11.9 Å². The standard InChI is InChI=1S/C13H13NO/c1-11(12-6-3-2-4-7-12)15-13-8-5-9-14-10-13/h2-11H,1H3/t11-/m1/s1. The zero-order valence-electron chi connectivity index (χ0n) is 8.63. The maximum atomic E-state index is 5.74. The van der Waals surface area contributed by atoms with E-state index in [1.54, 1.807) is 12.4 Å². The quantitative estimate of drug-likeness (QED) is 0.757. The van der Waals surface area contributed by atoms with Gasteiger partial charge < -0.3 is 4.74 Å². The predicted octanol–water partition coefficient (Wildman–Crippen LogP) is 3.22. The Kier molecular flexibility index (Phi) is 2.98. The SMILES string of the molecule is C[C@@H](Oc1cccnc1)c1ccccc1. The molecule has 0 saturated heterocycles. The molecule has 0 amide bonds. The molecule has 0 aliphatic heterocycles. The third kappa shape index (κ3) is 2.56. The summed E-state index contributed by atoms with van der Waals surface area (Å²) in [6.45, 7) is 2.03. The van der Waals surface area contributed by atoms with Gasteiger partial charge in [0, 0.05) is 6.20 Å². The smallest absolute Gasteiger partial charge is 0.138 e. The third-order valence-electron chi connectivity index (χ3n) is 2.22. The average Bonchev–Trinajstić information content (AvgIpc) is 2.31. The Labute approximate surface area is 89.6 Å². The van der Waals surface area contributed by atoms with Crippen molar-refractivity contribution in [3.63, 3.8) is 0 Å². The van der Waals surface area contributed by atoms with Crippen LogP contribution in [0.1, 0.15) is 18.6 Å². The van der Waals surface area contributed by atoms with Gasteiger partial charge >= 0.3 is 0 Å². The molecule has 0 fully saturated rings. The number of hydrogen-bond donors (Lipinski definition) is 0. The molecule has 1 atom stereocenters. The second kappa shape index (κ2) is 4.60. The lowest BCUT2D eigenvalue weighted by Crippen LogP contribution is -2.02. The van der Waals surface area contributed by atoms with Gasteiger partial charge in [0.25, 0.3) is 0 Å². The second-order valence-corrected chi connectivity index (χ2v) is 3.36. The number of pyridine rings is 1. The van der Waals surface area contributed by atoms with E-state index in [0.29, 0.717) is 0 Å². The molecule has 0 unspecified atom stereocenters. The molecular weight excluding hydrogens is 186 g/mol. The van der Waals surface area contributed by atoms with E-state index in [0.717, 1.165) is 5.75 Å². The lowest BCUT2D eigenvalue weighted by atomic mass is 10.1. The van der Waals surface area contributed by atoms with E-state index in [2.05, 4.69) is 17.1 Å². The molecule has 0 bridgehead atoms. The van der Waals surface area contributed by atoms with E-state index in [-0.39, 0.29) is 6.10 Å². The molecule has 0 N–H and O–H groups in total. The molecule has 2 nitrogen and oxygen atoms in total. The highest BCUT2D eigenvalue weighted by molar-refractivity contribution is 5.21. The Morgan fingerprint density at radius 2 is 1.87 bits per heavy atom. The molecule has 0 radical (unpaired) electrons. The summed E-state index contributed by atoms with van der Waals surface area (Å²) >= 11 is 0. The van der Waals surface area contributed by atoms with Crippen molar-refractivity contribution in [1.29, 1.82) is 0 Å². The molecule has 0 saturated carbocycles. The number of benzene rings is 1. The number of rotatable bonds is 3. The van der Waals surface area contributed by atoms with E-state index < -0.39 is 0 Å². The van der Waals surface area contributed by atoms with Crippen molar-refractivity contribution < 1.29 is 4.74 Å². The lowest BCUT2D eigenvalue weighted by molar-refractivity contribution is 0.226. The minimum absolute atomic E-state index is 0.0513. The number of aromatic nitrogens is 1. The Morgan fingerprint density at radius 1 is 1.07 bits per heavy atom. The van der Waals surface area contributed by atoms with Crippen LogP contribution in [-0.4, -0.2) is 4.98 Å². The molecular formula is C13H13NO. The van der Waals surface area contributed by atoms with E-state index in [4.69, 9.17) is 4.74 Å². The minimum atomic E-state index is 0.0513. The average molecular weight is 199 g/mol. The molecule has 2 heteroatoms. The predicted molar refractivity (Wildman–Crippen MR) is 59.7 cm³/mol. The number of ether oxygens (including phenoxy) is 1. The summed E-state index contributed by atoms with van der Waals surface area (Å²) < 4.78 is 5.74. The summed E-state index contributed by atoms with van der Waals surface area (Å²) in [6, 6.07) is 13.9. The first-order valence-corrected chi connectivity index (χ1v) is 4.98. The number of nitrogens with zero attached hydrogens (tertiary/aromatic N) is 1.